The molecule has 0 aliphatic heterocycles. The van der Waals surface area contributed by atoms with Gasteiger partial charge in [-0.05, 0) is 25.5 Å². The van der Waals surface area contributed by atoms with E-state index < -0.39 is 9.84 Å². The van der Waals surface area contributed by atoms with E-state index in [2.05, 4.69) is 0 Å². The van der Waals surface area contributed by atoms with Crippen LogP contribution in [0.1, 0.15) is 13.3 Å². The number of hydrogen-bond acceptors (Lipinski definition) is 4. The van der Waals surface area contributed by atoms with E-state index in [9.17, 15) is 8.42 Å². The summed E-state index contributed by atoms with van der Waals surface area (Å²) >= 11 is 0. The molecule has 96 valence electrons. The largest absolute Gasteiger partial charge is 0.373 e. The number of sulfone groups is 1. The van der Waals surface area contributed by atoms with Gasteiger partial charge in [0.1, 0.15) is 0 Å². The highest BCUT2D eigenvalue weighted by Gasteiger charge is 2.15. The van der Waals surface area contributed by atoms with Gasteiger partial charge < -0.3 is 10.6 Å². The first-order chi connectivity index (χ1) is 7.82. The molecule has 0 fully saturated rings. The fourth-order valence-corrected chi connectivity index (χ4v) is 2.53. The van der Waals surface area contributed by atoms with Gasteiger partial charge in [-0.2, -0.15) is 0 Å². The summed E-state index contributed by atoms with van der Waals surface area (Å²) in [5.41, 5.74) is 6.43. The predicted molar refractivity (Wildman–Crippen MR) is 71.1 cm³/mol. The van der Waals surface area contributed by atoms with Gasteiger partial charge in [0.25, 0.3) is 0 Å². The maximum atomic E-state index is 11.6. The van der Waals surface area contributed by atoms with E-state index in [1.807, 2.05) is 31.0 Å². The second kappa shape index (κ2) is 5.51. The zero-order chi connectivity index (χ0) is 13.1. The lowest BCUT2D eigenvalue weighted by Crippen LogP contribution is -2.26. The Labute approximate surface area is 103 Å². The van der Waals surface area contributed by atoms with Crippen molar-refractivity contribution in [1.82, 2.24) is 0 Å². The van der Waals surface area contributed by atoms with Crippen molar-refractivity contribution >= 4 is 15.5 Å². The summed E-state index contributed by atoms with van der Waals surface area (Å²) in [4.78, 5) is 2.30. The van der Waals surface area contributed by atoms with Crippen LogP contribution in [-0.2, 0) is 9.84 Å². The molecule has 0 heterocycles. The van der Waals surface area contributed by atoms with Crippen molar-refractivity contribution in [2.24, 2.45) is 5.73 Å². The van der Waals surface area contributed by atoms with E-state index in [1.165, 1.54) is 6.26 Å². The molecule has 0 aliphatic carbocycles. The fraction of sp³-hybridized carbons (Fsp3) is 0.500. The van der Waals surface area contributed by atoms with Crippen LogP contribution in [0.5, 0.6) is 0 Å². The number of nitrogens with two attached hydrogens (primary N) is 1. The van der Waals surface area contributed by atoms with Crippen molar-refractivity contribution in [3.63, 3.8) is 0 Å². The zero-order valence-electron chi connectivity index (χ0n) is 10.6. The van der Waals surface area contributed by atoms with Crippen molar-refractivity contribution < 1.29 is 8.42 Å². The van der Waals surface area contributed by atoms with Crippen LogP contribution in [0, 0.1) is 0 Å². The van der Waals surface area contributed by atoms with E-state index in [1.54, 1.807) is 12.1 Å². The molecule has 0 saturated carbocycles. The quantitative estimate of drug-likeness (QED) is 0.861. The van der Waals surface area contributed by atoms with Crippen LogP contribution < -0.4 is 10.6 Å². The molecule has 1 rings (SSSR count). The predicted octanol–water partition coefficient (Wildman–Crippen LogP) is 1.26. The number of anilines is 1. The van der Waals surface area contributed by atoms with Gasteiger partial charge in [-0.25, -0.2) is 8.42 Å². The number of nitrogens with zero attached hydrogens (tertiary/aromatic N) is 1. The molecule has 1 aromatic rings. The lowest BCUT2D eigenvalue weighted by Gasteiger charge is -2.22. The van der Waals surface area contributed by atoms with E-state index in [-0.39, 0.29) is 6.04 Å². The van der Waals surface area contributed by atoms with Gasteiger partial charge in [-0.3, -0.25) is 0 Å². The third-order valence-electron chi connectivity index (χ3n) is 2.60. The third kappa shape index (κ3) is 4.02. The maximum absolute atomic E-state index is 11.6. The van der Waals surface area contributed by atoms with Crippen LogP contribution in [-0.4, -0.2) is 34.3 Å². The molecule has 1 aromatic carbocycles. The highest BCUT2D eigenvalue weighted by Crippen LogP contribution is 2.23. The highest BCUT2D eigenvalue weighted by atomic mass is 32.2. The Morgan fingerprint density at radius 2 is 1.94 bits per heavy atom. The molecule has 17 heavy (non-hydrogen) atoms. The SMILES string of the molecule is CC(N)CCN(C)c1ccccc1S(C)(=O)=O. The summed E-state index contributed by atoms with van der Waals surface area (Å²) in [6.45, 7) is 2.68. The highest BCUT2D eigenvalue weighted by molar-refractivity contribution is 7.90. The Balaban J connectivity index is 2.98. The minimum absolute atomic E-state index is 0.114. The molecular weight excluding hydrogens is 236 g/mol. The van der Waals surface area contributed by atoms with Crippen LogP contribution in [0.3, 0.4) is 0 Å². The van der Waals surface area contributed by atoms with Crippen molar-refractivity contribution in [3.8, 4) is 0 Å². The Kier molecular flexibility index (Phi) is 4.54. The second-order valence-electron chi connectivity index (χ2n) is 4.43. The average Bonchev–Trinajstić information content (AvgIpc) is 2.24. The topological polar surface area (TPSA) is 63.4 Å². The van der Waals surface area contributed by atoms with Crippen molar-refractivity contribution in [2.75, 3.05) is 24.7 Å². The Hall–Kier alpha value is -1.07. The molecule has 0 radical (unpaired) electrons. The summed E-state index contributed by atoms with van der Waals surface area (Å²) in [5, 5.41) is 0. The van der Waals surface area contributed by atoms with Gasteiger partial charge in [-0.1, -0.05) is 12.1 Å². The number of benzene rings is 1. The molecule has 2 N–H and O–H groups in total. The molecule has 1 unspecified atom stereocenters. The fourth-order valence-electron chi connectivity index (χ4n) is 1.60. The van der Waals surface area contributed by atoms with Gasteiger partial charge in [0.05, 0.1) is 10.6 Å². The smallest absolute Gasteiger partial charge is 0.177 e. The van der Waals surface area contributed by atoms with Gasteiger partial charge in [0.2, 0.25) is 0 Å². The Morgan fingerprint density at radius 1 is 1.35 bits per heavy atom. The van der Waals surface area contributed by atoms with E-state index >= 15 is 0 Å². The van der Waals surface area contributed by atoms with E-state index in [0.29, 0.717) is 4.90 Å². The van der Waals surface area contributed by atoms with Crippen LogP contribution in [0.15, 0.2) is 29.2 Å². The van der Waals surface area contributed by atoms with E-state index in [4.69, 9.17) is 5.73 Å². The molecule has 0 aliphatic rings. The molecule has 0 bridgehead atoms. The number of para-hydroxylation sites is 1. The second-order valence-corrected chi connectivity index (χ2v) is 6.41. The van der Waals surface area contributed by atoms with Crippen LogP contribution in [0.25, 0.3) is 0 Å². The third-order valence-corrected chi connectivity index (χ3v) is 3.74. The van der Waals surface area contributed by atoms with Gasteiger partial charge >= 0.3 is 0 Å². The molecule has 4 nitrogen and oxygen atoms in total. The molecule has 0 amide bonds. The minimum Gasteiger partial charge on any atom is -0.373 e. The summed E-state index contributed by atoms with van der Waals surface area (Å²) in [5.74, 6) is 0. The molecule has 0 aromatic heterocycles. The standard InChI is InChI=1S/C12H20N2O2S/c1-10(13)8-9-14(2)11-6-4-5-7-12(11)17(3,15)16/h4-7,10H,8-9,13H2,1-3H3. The van der Waals surface area contributed by atoms with Gasteiger partial charge in [-0.15, -0.1) is 0 Å². The van der Waals surface area contributed by atoms with Gasteiger partial charge in [0.15, 0.2) is 9.84 Å². The van der Waals surface area contributed by atoms with Crippen molar-refractivity contribution in [3.05, 3.63) is 24.3 Å². The normalized spacial score (nSPS) is 13.4. The van der Waals surface area contributed by atoms with Crippen LogP contribution in [0.4, 0.5) is 5.69 Å². The Bertz CT molecular complexity index is 469. The zero-order valence-corrected chi connectivity index (χ0v) is 11.4. The maximum Gasteiger partial charge on any atom is 0.177 e. The number of hydrogen-bond donors (Lipinski definition) is 1. The van der Waals surface area contributed by atoms with Crippen molar-refractivity contribution in [1.29, 1.82) is 0 Å². The lowest BCUT2D eigenvalue weighted by atomic mass is 10.2. The monoisotopic (exact) mass is 256 g/mol. The minimum atomic E-state index is -3.19. The lowest BCUT2D eigenvalue weighted by molar-refractivity contribution is 0.601. The summed E-state index contributed by atoms with van der Waals surface area (Å²) in [6.07, 6.45) is 2.06. The first-order valence-electron chi connectivity index (χ1n) is 5.58. The molecule has 0 spiro atoms. The van der Waals surface area contributed by atoms with Crippen LogP contribution >= 0.6 is 0 Å². The molecule has 5 heteroatoms. The molecular formula is C12H20N2O2S. The van der Waals surface area contributed by atoms with Gasteiger partial charge in [0, 0.05) is 25.9 Å². The molecule has 1 atom stereocenters. The first-order valence-corrected chi connectivity index (χ1v) is 7.47. The summed E-state index contributed by atoms with van der Waals surface area (Å²) in [7, 11) is -1.31. The Morgan fingerprint density at radius 3 is 2.47 bits per heavy atom. The van der Waals surface area contributed by atoms with Crippen molar-refractivity contribution in [2.45, 2.75) is 24.3 Å². The average molecular weight is 256 g/mol. The van der Waals surface area contributed by atoms with Crippen LogP contribution in [0.2, 0.25) is 0 Å². The van der Waals surface area contributed by atoms with E-state index in [0.717, 1.165) is 18.7 Å². The number of rotatable bonds is 5. The summed E-state index contributed by atoms with van der Waals surface area (Å²) < 4.78 is 23.3. The molecule has 0 saturated heterocycles. The first kappa shape index (κ1) is 14.0. The summed E-state index contributed by atoms with van der Waals surface area (Å²) in [6, 6.07) is 7.14.